The number of halogens is 1. The molecule has 0 saturated heterocycles. The molecule has 2 rings (SSSR count). The number of benzene rings is 1. The lowest BCUT2D eigenvalue weighted by Crippen LogP contribution is -2.39. The Kier molecular flexibility index (Phi) is 7.95. The highest BCUT2D eigenvalue weighted by Crippen LogP contribution is 2.18. The molecule has 1 amide bonds. The van der Waals surface area contributed by atoms with Crippen LogP contribution in [0, 0.1) is 0 Å². The maximum Gasteiger partial charge on any atom is 0.252 e. The van der Waals surface area contributed by atoms with Crippen LogP contribution in [0.25, 0.3) is 0 Å². The lowest BCUT2D eigenvalue weighted by Gasteiger charge is -2.14. The van der Waals surface area contributed by atoms with Crippen LogP contribution in [0.3, 0.4) is 0 Å². The molecule has 1 heterocycles. The zero-order valence-corrected chi connectivity index (χ0v) is 14.8. The molecule has 0 bridgehead atoms. The summed E-state index contributed by atoms with van der Waals surface area (Å²) in [4.78, 5) is 25.5. The molecule has 2 N–H and O–H groups in total. The molecule has 124 valence electrons. The Bertz CT molecular complexity index is 644. The standard InChI is InChI=1S/C17H20N2O2S.ClH/c1-3-18-12(2)11-19-17(21)14-8-5-4-7-13(14)16(20)15-9-6-10-22-15;/h4-10,12,18H,3,11H2,1-2H3,(H,19,21);1H/t12-;/m1./s1. The third-order valence-corrected chi connectivity index (χ3v) is 4.15. The number of hydrogen-bond donors (Lipinski definition) is 2. The van der Waals surface area contributed by atoms with Crippen molar-refractivity contribution in [2.45, 2.75) is 19.9 Å². The van der Waals surface area contributed by atoms with Crippen molar-refractivity contribution in [1.29, 1.82) is 0 Å². The van der Waals surface area contributed by atoms with Crippen molar-refractivity contribution in [3.05, 3.63) is 57.8 Å². The minimum atomic E-state index is -0.217. The largest absolute Gasteiger partial charge is 0.350 e. The van der Waals surface area contributed by atoms with Crippen molar-refractivity contribution in [3.63, 3.8) is 0 Å². The summed E-state index contributed by atoms with van der Waals surface area (Å²) >= 11 is 1.38. The molecule has 0 fully saturated rings. The van der Waals surface area contributed by atoms with Gasteiger partial charge in [0.2, 0.25) is 5.78 Å². The number of carbonyl (C=O) groups excluding carboxylic acids is 2. The van der Waals surface area contributed by atoms with Crippen LogP contribution in [0.2, 0.25) is 0 Å². The van der Waals surface area contributed by atoms with Crippen LogP contribution in [0.4, 0.5) is 0 Å². The van der Waals surface area contributed by atoms with E-state index < -0.39 is 0 Å². The first-order valence-corrected chi connectivity index (χ1v) is 8.20. The Balaban J connectivity index is 0.00000264. The van der Waals surface area contributed by atoms with E-state index >= 15 is 0 Å². The molecule has 4 nitrogen and oxygen atoms in total. The third kappa shape index (κ3) is 5.16. The van der Waals surface area contributed by atoms with Gasteiger partial charge < -0.3 is 10.6 Å². The first-order valence-electron chi connectivity index (χ1n) is 7.32. The van der Waals surface area contributed by atoms with E-state index in [9.17, 15) is 9.59 Å². The Hall–Kier alpha value is -1.69. The van der Waals surface area contributed by atoms with Crippen molar-refractivity contribution < 1.29 is 9.59 Å². The summed E-state index contributed by atoms with van der Waals surface area (Å²) in [6.45, 7) is 5.40. The molecule has 1 atom stereocenters. The highest BCUT2D eigenvalue weighted by atomic mass is 35.5. The van der Waals surface area contributed by atoms with Crippen molar-refractivity contribution in [1.82, 2.24) is 10.6 Å². The lowest BCUT2D eigenvalue weighted by atomic mass is 10.0. The quantitative estimate of drug-likeness (QED) is 0.753. The Morgan fingerprint density at radius 2 is 1.83 bits per heavy atom. The normalized spacial score (nSPS) is 11.4. The van der Waals surface area contributed by atoms with E-state index in [2.05, 4.69) is 10.6 Å². The van der Waals surface area contributed by atoms with Crippen molar-refractivity contribution in [2.75, 3.05) is 13.1 Å². The predicted octanol–water partition coefficient (Wildman–Crippen LogP) is 3.13. The third-order valence-electron chi connectivity index (χ3n) is 3.28. The van der Waals surface area contributed by atoms with E-state index in [4.69, 9.17) is 0 Å². The Morgan fingerprint density at radius 1 is 1.13 bits per heavy atom. The van der Waals surface area contributed by atoms with Gasteiger partial charge in [0.25, 0.3) is 5.91 Å². The number of rotatable bonds is 7. The van der Waals surface area contributed by atoms with E-state index in [-0.39, 0.29) is 30.1 Å². The summed E-state index contributed by atoms with van der Waals surface area (Å²) in [6.07, 6.45) is 0. The fraction of sp³-hybridized carbons (Fsp3) is 0.294. The van der Waals surface area contributed by atoms with E-state index in [0.717, 1.165) is 6.54 Å². The predicted molar refractivity (Wildman–Crippen MR) is 96.9 cm³/mol. The van der Waals surface area contributed by atoms with Gasteiger partial charge in [-0.2, -0.15) is 0 Å². The summed E-state index contributed by atoms with van der Waals surface area (Å²) in [5, 5.41) is 7.96. The molecule has 0 saturated carbocycles. The fourth-order valence-corrected chi connectivity index (χ4v) is 2.86. The second-order valence-corrected chi connectivity index (χ2v) is 5.97. The van der Waals surface area contributed by atoms with Gasteiger partial charge in [0.15, 0.2) is 0 Å². The van der Waals surface area contributed by atoms with Crippen LogP contribution >= 0.6 is 23.7 Å². The van der Waals surface area contributed by atoms with Crippen LogP contribution in [-0.4, -0.2) is 30.8 Å². The number of amides is 1. The molecule has 6 heteroatoms. The van der Waals surface area contributed by atoms with Crippen molar-refractivity contribution in [3.8, 4) is 0 Å². The molecular formula is C17H21ClN2O2S. The number of ketones is 1. The molecule has 23 heavy (non-hydrogen) atoms. The number of hydrogen-bond acceptors (Lipinski definition) is 4. The van der Waals surface area contributed by atoms with Crippen molar-refractivity contribution in [2.24, 2.45) is 0 Å². The van der Waals surface area contributed by atoms with Gasteiger partial charge in [-0.15, -0.1) is 23.7 Å². The molecule has 0 aliphatic carbocycles. The van der Waals surface area contributed by atoms with E-state index in [1.807, 2.05) is 25.3 Å². The van der Waals surface area contributed by atoms with Crippen LogP contribution in [0.1, 0.15) is 39.4 Å². The fourth-order valence-electron chi connectivity index (χ4n) is 2.18. The average Bonchev–Trinajstić information content (AvgIpc) is 3.06. The van der Waals surface area contributed by atoms with Gasteiger partial charge in [-0.1, -0.05) is 31.2 Å². The second-order valence-electron chi connectivity index (χ2n) is 5.02. The van der Waals surface area contributed by atoms with Crippen LogP contribution in [-0.2, 0) is 0 Å². The molecular weight excluding hydrogens is 332 g/mol. The van der Waals surface area contributed by atoms with Crippen LogP contribution in [0.5, 0.6) is 0 Å². The molecule has 1 aromatic heterocycles. The Morgan fingerprint density at radius 3 is 2.43 bits per heavy atom. The van der Waals surface area contributed by atoms with E-state index in [1.54, 1.807) is 30.3 Å². The van der Waals surface area contributed by atoms with Gasteiger partial charge in [0.05, 0.1) is 10.4 Å². The number of likely N-dealkylation sites (N-methyl/N-ethyl adjacent to an activating group) is 1. The molecule has 0 aliphatic heterocycles. The summed E-state index contributed by atoms with van der Waals surface area (Å²) < 4.78 is 0. The number of nitrogens with one attached hydrogen (secondary N) is 2. The summed E-state index contributed by atoms with van der Waals surface area (Å²) in [5.41, 5.74) is 0.864. The summed E-state index contributed by atoms with van der Waals surface area (Å²) in [6, 6.07) is 10.7. The minimum Gasteiger partial charge on any atom is -0.350 e. The first-order chi connectivity index (χ1) is 10.6. The molecule has 2 aromatic rings. The highest BCUT2D eigenvalue weighted by Gasteiger charge is 2.18. The van der Waals surface area contributed by atoms with Gasteiger partial charge in [0, 0.05) is 18.2 Å². The summed E-state index contributed by atoms with van der Waals surface area (Å²) in [5.74, 6) is -0.328. The number of carbonyl (C=O) groups is 2. The first kappa shape index (κ1) is 19.4. The zero-order chi connectivity index (χ0) is 15.9. The smallest absolute Gasteiger partial charge is 0.252 e. The maximum atomic E-state index is 12.5. The van der Waals surface area contributed by atoms with Crippen molar-refractivity contribution >= 4 is 35.4 Å². The zero-order valence-electron chi connectivity index (χ0n) is 13.2. The second kappa shape index (κ2) is 9.45. The minimum absolute atomic E-state index is 0. The SMILES string of the molecule is CCN[C@H](C)CNC(=O)c1ccccc1C(=O)c1cccs1.Cl. The van der Waals surface area contributed by atoms with Gasteiger partial charge >= 0.3 is 0 Å². The van der Waals surface area contributed by atoms with Gasteiger partial charge in [-0.05, 0) is 31.0 Å². The van der Waals surface area contributed by atoms with Gasteiger partial charge in [0.1, 0.15) is 0 Å². The molecule has 0 unspecified atom stereocenters. The van der Waals surface area contributed by atoms with Crippen LogP contribution in [0.15, 0.2) is 41.8 Å². The van der Waals surface area contributed by atoms with E-state index in [1.165, 1.54) is 11.3 Å². The summed E-state index contributed by atoms with van der Waals surface area (Å²) in [7, 11) is 0. The van der Waals surface area contributed by atoms with Crippen LogP contribution < -0.4 is 10.6 Å². The van der Waals surface area contributed by atoms with Gasteiger partial charge in [-0.3, -0.25) is 9.59 Å². The maximum absolute atomic E-state index is 12.5. The average molecular weight is 353 g/mol. The molecule has 1 aromatic carbocycles. The molecule has 0 aliphatic rings. The number of thiophene rings is 1. The lowest BCUT2D eigenvalue weighted by molar-refractivity contribution is 0.0939. The highest BCUT2D eigenvalue weighted by molar-refractivity contribution is 7.12. The van der Waals surface area contributed by atoms with E-state index in [0.29, 0.717) is 22.5 Å². The molecule has 0 radical (unpaired) electrons. The van der Waals surface area contributed by atoms with Gasteiger partial charge in [-0.25, -0.2) is 0 Å². The molecule has 0 spiro atoms. The topological polar surface area (TPSA) is 58.2 Å². The Labute approximate surface area is 146 Å². The monoisotopic (exact) mass is 352 g/mol.